The number of aliphatic hydroxyl groups is 1. The van der Waals surface area contributed by atoms with Crippen molar-refractivity contribution in [2.24, 2.45) is 11.8 Å². The molecule has 0 saturated carbocycles. The largest absolute Gasteiger partial charge is 0.469 e. The summed E-state index contributed by atoms with van der Waals surface area (Å²) in [6.07, 6.45) is -4.68. The third-order valence-electron chi connectivity index (χ3n) is 3.72. The van der Waals surface area contributed by atoms with Crippen molar-refractivity contribution in [2.45, 2.75) is 25.4 Å². The van der Waals surface area contributed by atoms with Crippen LogP contribution < -0.4 is 0 Å². The number of aliphatic hydroxyl groups excluding tert-OH is 1. The lowest BCUT2D eigenvalue weighted by Crippen LogP contribution is -2.35. The number of carbonyl (C=O) groups excluding carboxylic acids is 1. The summed E-state index contributed by atoms with van der Waals surface area (Å²) in [5, 5.41) is 9.95. The summed E-state index contributed by atoms with van der Waals surface area (Å²) in [6, 6.07) is 6.41. The average Bonchev–Trinajstić information content (AvgIpc) is 2.47. The van der Waals surface area contributed by atoms with E-state index < -0.39 is 29.9 Å². The van der Waals surface area contributed by atoms with Gasteiger partial charge in [-0.2, -0.15) is 13.2 Å². The van der Waals surface area contributed by atoms with Crippen LogP contribution in [0.25, 0.3) is 0 Å². The van der Waals surface area contributed by atoms with Gasteiger partial charge in [0.2, 0.25) is 0 Å². The normalized spacial score (nSPS) is 16.0. The van der Waals surface area contributed by atoms with Crippen LogP contribution in [0.5, 0.6) is 0 Å². The third-order valence-corrected chi connectivity index (χ3v) is 3.98. The van der Waals surface area contributed by atoms with E-state index in [-0.39, 0.29) is 13.0 Å². The van der Waals surface area contributed by atoms with Crippen LogP contribution in [0, 0.1) is 11.8 Å². The minimum atomic E-state index is -4.52. The minimum Gasteiger partial charge on any atom is -0.469 e. The van der Waals surface area contributed by atoms with Gasteiger partial charge in [-0.1, -0.05) is 30.7 Å². The molecule has 0 aromatic heterocycles. The van der Waals surface area contributed by atoms with Crippen LogP contribution in [-0.4, -0.2) is 31.0 Å². The van der Waals surface area contributed by atoms with Gasteiger partial charge < -0.3 is 9.84 Å². The Hall–Kier alpha value is -1.27. The molecule has 3 atom stereocenters. The number of alkyl halides is 3. The van der Waals surface area contributed by atoms with Gasteiger partial charge in [-0.25, -0.2) is 0 Å². The van der Waals surface area contributed by atoms with Crippen molar-refractivity contribution in [1.82, 2.24) is 0 Å². The van der Waals surface area contributed by atoms with Crippen LogP contribution in [-0.2, 0) is 9.53 Å². The highest BCUT2D eigenvalue weighted by Crippen LogP contribution is 2.37. The smallest absolute Gasteiger partial charge is 0.392 e. The predicted molar refractivity (Wildman–Crippen MR) is 76.6 cm³/mol. The SMILES string of the molecule is COC(=O)C(CC(CO)c1ccc(Cl)cc1)C(C)C(F)(F)F. The van der Waals surface area contributed by atoms with Gasteiger partial charge >= 0.3 is 12.1 Å². The summed E-state index contributed by atoms with van der Waals surface area (Å²) in [5.74, 6) is -4.78. The highest BCUT2D eigenvalue weighted by Gasteiger charge is 2.45. The number of hydrogen-bond acceptors (Lipinski definition) is 3. The molecule has 0 radical (unpaired) electrons. The fourth-order valence-electron chi connectivity index (χ4n) is 2.24. The zero-order valence-electron chi connectivity index (χ0n) is 12.2. The Balaban J connectivity index is 3.00. The van der Waals surface area contributed by atoms with E-state index in [4.69, 9.17) is 11.6 Å². The number of hydrogen-bond donors (Lipinski definition) is 1. The lowest BCUT2D eigenvalue weighted by molar-refractivity contribution is -0.194. The minimum absolute atomic E-state index is 0.161. The molecular weight excluding hydrogens is 321 g/mol. The molecule has 7 heteroatoms. The van der Waals surface area contributed by atoms with Gasteiger partial charge in [0, 0.05) is 17.5 Å². The summed E-state index contributed by atoms with van der Waals surface area (Å²) in [7, 11) is 1.05. The Bertz CT molecular complexity index is 488. The van der Waals surface area contributed by atoms with E-state index in [1.54, 1.807) is 24.3 Å². The second-order valence-electron chi connectivity index (χ2n) is 5.13. The highest BCUT2D eigenvalue weighted by atomic mass is 35.5. The van der Waals surface area contributed by atoms with E-state index in [0.717, 1.165) is 14.0 Å². The highest BCUT2D eigenvalue weighted by molar-refractivity contribution is 6.30. The van der Waals surface area contributed by atoms with Crippen LogP contribution in [0.4, 0.5) is 13.2 Å². The molecule has 1 aromatic rings. The third kappa shape index (κ3) is 4.88. The molecule has 22 heavy (non-hydrogen) atoms. The first-order chi connectivity index (χ1) is 10.2. The van der Waals surface area contributed by atoms with Crippen molar-refractivity contribution < 1.29 is 27.8 Å². The topological polar surface area (TPSA) is 46.5 Å². The van der Waals surface area contributed by atoms with Crippen LogP contribution >= 0.6 is 11.6 Å². The first kappa shape index (κ1) is 18.8. The number of rotatable bonds is 6. The molecule has 0 spiro atoms. The van der Waals surface area contributed by atoms with Gasteiger partial charge in [0.05, 0.1) is 18.9 Å². The fraction of sp³-hybridized carbons (Fsp3) is 0.533. The van der Waals surface area contributed by atoms with E-state index >= 15 is 0 Å². The van der Waals surface area contributed by atoms with E-state index in [1.807, 2.05) is 0 Å². The Morgan fingerprint density at radius 1 is 1.32 bits per heavy atom. The maximum atomic E-state index is 12.9. The number of ether oxygens (including phenoxy) is 1. The fourth-order valence-corrected chi connectivity index (χ4v) is 2.37. The Morgan fingerprint density at radius 2 is 1.86 bits per heavy atom. The lowest BCUT2D eigenvalue weighted by atomic mass is 9.82. The van der Waals surface area contributed by atoms with Crippen LogP contribution in [0.15, 0.2) is 24.3 Å². The molecule has 0 aliphatic heterocycles. The molecule has 3 unspecified atom stereocenters. The number of esters is 1. The maximum Gasteiger partial charge on any atom is 0.392 e. The van der Waals surface area contributed by atoms with Gasteiger partial charge in [-0.15, -0.1) is 0 Å². The second kappa shape index (κ2) is 7.83. The standard InChI is InChI=1S/C15H18ClF3O3/c1-9(15(17,18)19)13(14(21)22-2)7-11(8-20)10-3-5-12(16)6-4-10/h3-6,9,11,13,20H,7-8H2,1-2H3. The Morgan fingerprint density at radius 3 is 2.27 bits per heavy atom. The zero-order valence-corrected chi connectivity index (χ0v) is 13.0. The molecule has 0 fully saturated rings. The molecule has 1 N–H and O–H groups in total. The molecule has 1 aromatic carbocycles. The monoisotopic (exact) mass is 338 g/mol. The molecule has 0 aliphatic carbocycles. The van der Waals surface area contributed by atoms with E-state index in [9.17, 15) is 23.1 Å². The van der Waals surface area contributed by atoms with Crippen LogP contribution in [0.1, 0.15) is 24.8 Å². The van der Waals surface area contributed by atoms with Gasteiger partial charge in [-0.05, 0) is 24.1 Å². The second-order valence-corrected chi connectivity index (χ2v) is 5.56. The number of benzene rings is 1. The zero-order chi connectivity index (χ0) is 16.9. The van der Waals surface area contributed by atoms with Gasteiger partial charge in [0.25, 0.3) is 0 Å². The van der Waals surface area contributed by atoms with E-state index in [1.165, 1.54) is 0 Å². The maximum absolute atomic E-state index is 12.9. The van der Waals surface area contributed by atoms with E-state index in [0.29, 0.717) is 10.6 Å². The van der Waals surface area contributed by atoms with E-state index in [2.05, 4.69) is 4.74 Å². The van der Waals surface area contributed by atoms with Crippen molar-refractivity contribution in [3.05, 3.63) is 34.9 Å². The molecule has 0 saturated heterocycles. The summed E-state index contributed by atoms with van der Waals surface area (Å²) in [5.41, 5.74) is 0.621. The Labute approximate surface area is 132 Å². The summed E-state index contributed by atoms with van der Waals surface area (Å²) in [6.45, 7) is 0.567. The number of methoxy groups -OCH3 is 1. The Kier molecular flexibility index (Phi) is 6.68. The molecule has 0 aliphatic rings. The van der Waals surface area contributed by atoms with Gasteiger partial charge in [0.15, 0.2) is 0 Å². The number of carbonyl (C=O) groups is 1. The summed E-state index contributed by atoms with van der Waals surface area (Å²) in [4.78, 5) is 11.7. The first-order valence-corrected chi connectivity index (χ1v) is 7.09. The van der Waals surface area contributed by atoms with Crippen LogP contribution in [0.2, 0.25) is 5.02 Å². The van der Waals surface area contributed by atoms with Crippen molar-refractivity contribution in [2.75, 3.05) is 13.7 Å². The lowest BCUT2D eigenvalue weighted by Gasteiger charge is -2.27. The van der Waals surface area contributed by atoms with Crippen molar-refractivity contribution in [3.63, 3.8) is 0 Å². The average molecular weight is 339 g/mol. The summed E-state index contributed by atoms with van der Waals surface area (Å²) < 4.78 is 43.2. The molecule has 3 nitrogen and oxygen atoms in total. The number of halogens is 4. The van der Waals surface area contributed by atoms with Gasteiger partial charge in [-0.3, -0.25) is 4.79 Å². The molecule has 0 amide bonds. The summed E-state index contributed by atoms with van der Waals surface area (Å²) >= 11 is 5.76. The molecule has 0 bridgehead atoms. The van der Waals surface area contributed by atoms with Crippen molar-refractivity contribution in [3.8, 4) is 0 Å². The molecule has 0 heterocycles. The van der Waals surface area contributed by atoms with Crippen molar-refractivity contribution >= 4 is 17.6 Å². The molecule has 1 rings (SSSR count). The van der Waals surface area contributed by atoms with Gasteiger partial charge in [0.1, 0.15) is 0 Å². The van der Waals surface area contributed by atoms with Crippen LogP contribution in [0.3, 0.4) is 0 Å². The first-order valence-electron chi connectivity index (χ1n) is 6.71. The molecular formula is C15H18ClF3O3. The quantitative estimate of drug-likeness (QED) is 0.803. The van der Waals surface area contributed by atoms with Crippen molar-refractivity contribution in [1.29, 1.82) is 0 Å². The predicted octanol–water partition coefficient (Wildman–Crippen LogP) is 3.79. The molecule has 124 valence electrons.